The zero-order chi connectivity index (χ0) is 23.7. The van der Waals surface area contributed by atoms with Gasteiger partial charge < -0.3 is 14.4 Å². The predicted molar refractivity (Wildman–Crippen MR) is 132 cm³/mol. The van der Waals surface area contributed by atoms with Gasteiger partial charge in [0.2, 0.25) is 0 Å². The number of nitrogens with zero attached hydrogens (tertiary/aromatic N) is 5. The van der Waals surface area contributed by atoms with Crippen LogP contribution in [0.25, 0.3) is 33.3 Å². The first kappa shape index (κ1) is 21.8. The molecule has 2 unspecified atom stereocenters. The van der Waals surface area contributed by atoms with E-state index in [1.165, 1.54) is 0 Å². The molecule has 0 N–H and O–H groups in total. The molecule has 1 fully saturated rings. The highest BCUT2D eigenvalue weighted by Crippen LogP contribution is 2.38. The number of methoxy groups -OCH3 is 1. The number of morpholine rings is 1. The number of nitriles is 1. The summed E-state index contributed by atoms with van der Waals surface area (Å²) in [5.74, 6) is 1.54. The molecule has 3 heterocycles. The van der Waals surface area contributed by atoms with Gasteiger partial charge in [0, 0.05) is 30.2 Å². The Kier molecular flexibility index (Phi) is 5.83. The van der Waals surface area contributed by atoms with E-state index in [4.69, 9.17) is 19.7 Å². The van der Waals surface area contributed by atoms with E-state index in [-0.39, 0.29) is 12.2 Å². The maximum Gasteiger partial charge on any atom is 0.151 e. The summed E-state index contributed by atoms with van der Waals surface area (Å²) in [4.78, 5) is 6.98. The first-order valence-electron chi connectivity index (χ1n) is 11.3. The minimum Gasteiger partial charge on any atom is -0.495 e. The van der Waals surface area contributed by atoms with Gasteiger partial charge in [-0.2, -0.15) is 5.26 Å². The number of anilines is 1. The topological polar surface area (TPSA) is 84.2 Å². The summed E-state index contributed by atoms with van der Waals surface area (Å²) in [5, 5.41) is 19.0. The Labute approximate surface area is 198 Å². The summed E-state index contributed by atoms with van der Waals surface area (Å²) >= 11 is 0. The monoisotopic (exact) mass is 451 g/mol. The summed E-state index contributed by atoms with van der Waals surface area (Å²) in [6.07, 6.45) is 2.09. The van der Waals surface area contributed by atoms with E-state index in [2.05, 4.69) is 35.0 Å². The van der Waals surface area contributed by atoms with Crippen LogP contribution in [0.2, 0.25) is 0 Å². The molecule has 7 nitrogen and oxygen atoms in total. The molecular weight excluding hydrogens is 426 g/mol. The molecule has 1 saturated heterocycles. The molecule has 0 amide bonds. The van der Waals surface area contributed by atoms with Crippen molar-refractivity contribution in [2.24, 2.45) is 0 Å². The Hall–Kier alpha value is -4.02. The third-order valence-corrected chi connectivity index (χ3v) is 6.05. The van der Waals surface area contributed by atoms with Crippen LogP contribution in [0.5, 0.6) is 5.75 Å². The lowest BCUT2D eigenvalue weighted by molar-refractivity contribution is -0.00550. The van der Waals surface area contributed by atoms with Gasteiger partial charge in [-0.15, -0.1) is 10.2 Å². The van der Waals surface area contributed by atoms with Gasteiger partial charge >= 0.3 is 0 Å². The van der Waals surface area contributed by atoms with Gasteiger partial charge in [-0.25, -0.2) is 0 Å². The number of hydrogen-bond donors (Lipinski definition) is 0. The van der Waals surface area contributed by atoms with Crippen molar-refractivity contribution in [1.29, 1.82) is 5.26 Å². The highest BCUT2D eigenvalue weighted by molar-refractivity contribution is 6.00. The van der Waals surface area contributed by atoms with E-state index < -0.39 is 0 Å². The van der Waals surface area contributed by atoms with Crippen molar-refractivity contribution in [3.63, 3.8) is 0 Å². The van der Waals surface area contributed by atoms with Crippen molar-refractivity contribution in [1.82, 2.24) is 15.2 Å². The Morgan fingerprint density at radius 1 is 0.971 bits per heavy atom. The second kappa shape index (κ2) is 9.08. The molecular formula is C27H25N5O2. The Bertz CT molecular complexity index is 1350. The summed E-state index contributed by atoms with van der Waals surface area (Å²) in [6, 6.07) is 19.6. The SMILES string of the molecule is COc1c(-c2ccc(N3CC(C)OC(C)C3)nn2)cnc2c(-c3ccc(C#N)cc3)cccc12. The molecule has 5 rings (SSSR count). The highest BCUT2D eigenvalue weighted by Gasteiger charge is 2.24. The molecule has 4 aromatic rings. The van der Waals surface area contributed by atoms with Crippen LogP contribution in [-0.4, -0.2) is 47.6 Å². The van der Waals surface area contributed by atoms with Crippen LogP contribution in [0, 0.1) is 11.3 Å². The van der Waals surface area contributed by atoms with Gasteiger partial charge in [0.05, 0.1) is 47.7 Å². The zero-order valence-corrected chi connectivity index (χ0v) is 19.4. The minimum atomic E-state index is 0.153. The van der Waals surface area contributed by atoms with E-state index in [0.717, 1.165) is 46.5 Å². The lowest BCUT2D eigenvalue weighted by atomic mass is 9.99. The third kappa shape index (κ3) is 4.04. The number of para-hydroxylation sites is 1. The lowest BCUT2D eigenvalue weighted by Crippen LogP contribution is -2.45. The zero-order valence-electron chi connectivity index (χ0n) is 19.4. The molecule has 0 aliphatic carbocycles. The van der Waals surface area contributed by atoms with E-state index in [9.17, 15) is 0 Å². The molecule has 7 heteroatoms. The van der Waals surface area contributed by atoms with Gasteiger partial charge in [-0.1, -0.05) is 24.3 Å². The molecule has 2 aromatic heterocycles. The van der Waals surface area contributed by atoms with Gasteiger partial charge in [-0.3, -0.25) is 4.98 Å². The predicted octanol–water partition coefficient (Wildman–Crippen LogP) is 4.85. The summed E-state index contributed by atoms with van der Waals surface area (Å²) < 4.78 is 11.7. The second-order valence-electron chi connectivity index (χ2n) is 8.54. The van der Waals surface area contributed by atoms with Crippen LogP contribution < -0.4 is 9.64 Å². The summed E-state index contributed by atoms with van der Waals surface area (Å²) in [5.41, 5.74) is 4.91. The summed E-state index contributed by atoms with van der Waals surface area (Å²) in [6.45, 7) is 5.72. The van der Waals surface area contributed by atoms with Crippen LogP contribution in [0.15, 0.2) is 60.8 Å². The van der Waals surface area contributed by atoms with E-state index in [0.29, 0.717) is 17.0 Å². The highest BCUT2D eigenvalue weighted by atomic mass is 16.5. The number of fused-ring (bicyclic) bond motifs is 1. The van der Waals surface area contributed by atoms with Crippen LogP contribution >= 0.6 is 0 Å². The normalized spacial score (nSPS) is 18.0. The molecule has 170 valence electrons. The Morgan fingerprint density at radius 2 is 1.74 bits per heavy atom. The van der Waals surface area contributed by atoms with Crippen molar-refractivity contribution in [3.8, 4) is 34.2 Å². The van der Waals surface area contributed by atoms with Gasteiger partial charge in [0.1, 0.15) is 5.75 Å². The smallest absolute Gasteiger partial charge is 0.151 e. The van der Waals surface area contributed by atoms with Crippen LogP contribution in [0.4, 0.5) is 5.82 Å². The standard InChI is InChI=1S/C27H25N5O2/c1-17-15-32(16-18(2)34-17)25-12-11-24(30-31-25)23-14-29-26-21(5-4-6-22(26)27(23)33-3)20-9-7-19(13-28)8-10-20/h4-12,14,17-18H,15-16H2,1-3H3. The van der Waals surface area contributed by atoms with E-state index in [1.54, 1.807) is 13.3 Å². The summed E-state index contributed by atoms with van der Waals surface area (Å²) in [7, 11) is 1.66. The molecule has 1 aliphatic rings. The number of aromatic nitrogens is 3. The van der Waals surface area contributed by atoms with E-state index >= 15 is 0 Å². The number of ether oxygens (including phenoxy) is 2. The molecule has 0 bridgehead atoms. The quantitative estimate of drug-likeness (QED) is 0.438. The van der Waals surface area contributed by atoms with Crippen LogP contribution in [0.1, 0.15) is 19.4 Å². The Balaban J connectivity index is 1.52. The van der Waals surface area contributed by atoms with Crippen molar-refractivity contribution in [3.05, 3.63) is 66.4 Å². The van der Waals surface area contributed by atoms with Crippen molar-refractivity contribution in [2.75, 3.05) is 25.1 Å². The second-order valence-corrected chi connectivity index (χ2v) is 8.54. The molecule has 0 radical (unpaired) electrons. The fourth-order valence-electron chi connectivity index (χ4n) is 4.56. The maximum atomic E-state index is 9.09. The molecule has 0 saturated carbocycles. The molecule has 1 aliphatic heterocycles. The van der Waals surface area contributed by atoms with Crippen LogP contribution in [0.3, 0.4) is 0 Å². The number of rotatable bonds is 4. The molecule has 34 heavy (non-hydrogen) atoms. The fraction of sp³-hybridized carbons (Fsp3) is 0.259. The van der Waals surface area contributed by atoms with E-state index in [1.807, 2.05) is 54.6 Å². The fourth-order valence-corrected chi connectivity index (χ4v) is 4.56. The average Bonchev–Trinajstić information content (AvgIpc) is 2.87. The average molecular weight is 452 g/mol. The third-order valence-electron chi connectivity index (χ3n) is 6.05. The number of pyridine rings is 1. The first-order chi connectivity index (χ1) is 16.6. The van der Waals surface area contributed by atoms with Crippen molar-refractivity contribution >= 4 is 16.7 Å². The Morgan fingerprint density at radius 3 is 2.38 bits per heavy atom. The first-order valence-corrected chi connectivity index (χ1v) is 11.3. The number of benzene rings is 2. The van der Waals surface area contributed by atoms with Crippen molar-refractivity contribution < 1.29 is 9.47 Å². The lowest BCUT2D eigenvalue weighted by Gasteiger charge is -2.35. The van der Waals surface area contributed by atoms with Gasteiger partial charge in [0.25, 0.3) is 0 Å². The largest absolute Gasteiger partial charge is 0.495 e. The number of hydrogen-bond acceptors (Lipinski definition) is 7. The van der Waals surface area contributed by atoms with Crippen LogP contribution in [-0.2, 0) is 4.74 Å². The molecule has 2 atom stereocenters. The maximum absolute atomic E-state index is 9.09. The molecule has 0 spiro atoms. The minimum absolute atomic E-state index is 0.153. The van der Waals surface area contributed by atoms with Crippen molar-refractivity contribution in [2.45, 2.75) is 26.1 Å². The van der Waals surface area contributed by atoms with Gasteiger partial charge in [0.15, 0.2) is 5.82 Å². The molecule has 2 aromatic carbocycles. The van der Waals surface area contributed by atoms with Gasteiger partial charge in [-0.05, 0) is 49.7 Å².